The number of sulfonamides is 1. The molecule has 0 atom stereocenters. The van der Waals surface area contributed by atoms with Gasteiger partial charge in [-0.15, -0.1) is 0 Å². The van der Waals surface area contributed by atoms with Crippen LogP contribution in [0.1, 0.15) is 31.7 Å². The molecule has 1 aromatic carbocycles. The molecule has 0 unspecified atom stereocenters. The number of aliphatic hydroxyl groups is 1. The van der Waals surface area contributed by atoms with Crippen molar-refractivity contribution in [1.29, 1.82) is 0 Å². The molecule has 0 aliphatic heterocycles. The van der Waals surface area contributed by atoms with Crippen LogP contribution in [0.4, 0.5) is 5.69 Å². The summed E-state index contributed by atoms with van der Waals surface area (Å²) in [5, 5.41) is 8.63. The van der Waals surface area contributed by atoms with E-state index in [2.05, 4.69) is 4.72 Å². The minimum Gasteiger partial charge on any atom is -0.398 e. The second-order valence-corrected chi connectivity index (χ2v) is 6.16. The molecule has 4 N–H and O–H groups in total. The van der Waals surface area contributed by atoms with Crippen molar-refractivity contribution >= 4 is 15.7 Å². The van der Waals surface area contributed by atoms with Crippen molar-refractivity contribution in [3.63, 3.8) is 0 Å². The van der Waals surface area contributed by atoms with Crippen molar-refractivity contribution in [1.82, 2.24) is 4.72 Å². The Labute approximate surface area is 114 Å². The Morgan fingerprint density at radius 1 is 1.26 bits per heavy atom. The van der Waals surface area contributed by atoms with Crippen LogP contribution in [-0.2, 0) is 16.4 Å². The van der Waals surface area contributed by atoms with Gasteiger partial charge in [0.25, 0.3) is 0 Å². The fourth-order valence-electron chi connectivity index (χ4n) is 1.77. The summed E-state index contributed by atoms with van der Waals surface area (Å²) >= 11 is 0. The molecule has 0 fully saturated rings. The molecular weight excluding hydrogens is 264 g/mol. The largest absolute Gasteiger partial charge is 0.398 e. The molecule has 0 amide bonds. The van der Waals surface area contributed by atoms with E-state index in [1.807, 2.05) is 6.92 Å². The molecule has 5 nitrogen and oxygen atoms in total. The molecule has 0 radical (unpaired) electrons. The lowest BCUT2D eigenvalue weighted by Crippen LogP contribution is -2.25. The molecule has 0 aliphatic rings. The third kappa shape index (κ3) is 4.81. The summed E-state index contributed by atoms with van der Waals surface area (Å²) < 4.78 is 26.5. The maximum absolute atomic E-state index is 12.0. The van der Waals surface area contributed by atoms with Crippen LogP contribution in [0.5, 0.6) is 0 Å². The fraction of sp³-hybridized carbons (Fsp3) is 0.538. The van der Waals surface area contributed by atoms with Crippen LogP contribution < -0.4 is 10.5 Å². The number of rotatable bonds is 8. The zero-order chi connectivity index (χ0) is 14.3. The Bertz CT molecular complexity index is 501. The number of nitrogen functional groups attached to an aromatic ring is 1. The molecule has 19 heavy (non-hydrogen) atoms. The molecule has 1 rings (SSSR count). The standard InChI is InChI=1S/C13H22N2O3S/c1-2-11-6-7-12(10-13(11)14)19(17,18)15-8-4-3-5-9-16/h6-7,10,15-16H,2-5,8-9,14H2,1H3. The first kappa shape index (κ1) is 15.9. The predicted octanol–water partition coefficient (Wildman–Crippen LogP) is 1.27. The van der Waals surface area contributed by atoms with Gasteiger partial charge in [-0.3, -0.25) is 0 Å². The second kappa shape index (κ2) is 7.47. The third-order valence-corrected chi connectivity index (χ3v) is 4.39. The number of hydrogen-bond donors (Lipinski definition) is 3. The Morgan fingerprint density at radius 2 is 2.00 bits per heavy atom. The van der Waals surface area contributed by atoms with Crippen LogP contribution in [0.15, 0.2) is 23.1 Å². The number of aryl methyl sites for hydroxylation is 1. The van der Waals surface area contributed by atoms with E-state index < -0.39 is 10.0 Å². The van der Waals surface area contributed by atoms with E-state index in [4.69, 9.17) is 10.8 Å². The van der Waals surface area contributed by atoms with Crippen molar-refractivity contribution in [3.8, 4) is 0 Å². The maximum atomic E-state index is 12.0. The predicted molar refractivity (Wildman–Crippen MR) is 76.4 cm³/mol. The zero-order valence-corrected chi connectivity index (χ0v) is 12.0. The number of nitrogens with two attached hydrogens (primary N) is 1. The summed E-state index contributed by atoms with van der Waals surface area (Å²) in [4.78, 5) is 0.198. The lowest BCUT2D eigenvalue weighted by Gasteiger charge is -2.09. The first-order valence-electron chi connectivity index (χ1n) is 6.50. The van der Waals surface area contributed by atoms with E-state index in [9.17, 15) is 8.42 Å². The van der Waals surface area contributed by atoms with Crippen molar-refractivity contribution < 1.29 is 13.5 Å². The van der Waals surface area contributed by atoms with Gasteiger partial charge in [-0.25, -0.2) is 13.1 Å². The SMILES string of the molecule is CCc1ccc(S(=O)(=O)NCCCCCO)cc1N. The fourth-order valence-corrected chi connectivity index (χ4v) is 2.87. The third-order valence-electron chi connectivity index (χ3n) is 2.94. The monoisotopic (exact) mass is 286 g/mol. The first-order valence-corrected chi connectivity index (χ1v) is 7.98. The summed E-state index contributed by atoms with van der Waals surface area (Å²) in [6.45, 7) is 2.48. The Hall–Kier alpha value is -1.11. The molecule has 6 heteroatoms. The van der Waals surface area contributed by atoms with E-state index >= 15 is 0 Å². The van der Waals surface area contributed by atoms with E-state index in [1.165, 1.54) is 6.07 Å². The van der Waals surface area contributed by atoms with Crippen LogP contribution in [0.25, 0.3) is 0 Å². The average Bonchev–Trinajstić information content (AvgIpc) is 2.38. The zero-order valence-electron chi connectivity index (χ0n) is 11.2. The molecule has 0 spiro atoms. The molecule has 0 bridgehead atoms. The van der Waals surface area contributed by atoms with Gasteiger partial charge < -0.3 is 10.8 Å². The summed E-state index contributed by atoms with van der Waals surface area (Å²) in [6, 6.07) is 4.82. The lowest BCUT2D eigenvalue weighted by molar-refractivity contribution is 0.283. The van der Waals surface area contributed by atoms with Crippen LogP contribution in [0.3, 0.4) is 0 Å². The molecule has 0 aromatic heterocycles. The van der Waals surface area contributed by atoms with Gasteiger partial charge in [0, 0.05) is 18.8 Å². The van der Waals surface area contributed by atoms with Gasteiger partial charge in [0.15, 0.2) is 0 Å². The van der Waals surface area contributed by atoms with Crippen molar-refractivity contribution in [3.05, 3.63) is 23.8 Å². The molecule has 0 heterocycles. The highest BCUT2D eigenvalue weighted by molar-refractivity contribution is 7.89. The smallest absolute Gasteiger partial charge is 0.240 e. The molecule has 108 valence electrons. The minimum atomic E-state index is -3.49. The number of aliphatic hydroxyl groups excluding tert-OH is 1. The highest BCUT2D eigenvalue weighted by Crippen LogP contribution is 2.18. The van der Waals surface area contributed by atoms with Crippen molar-refractivity contribution in [2.75, 3.05) is 18.9 Å². The lowest BCUT2D eigenvalue weighted by atomic mass is 10.1. The van der Waals surface area contributed by atoms with Gasteiger partial charge in [0.2, 0.25) is 10.0 Å². The number of benzene rings is 1. The van der Waals surface area contributed by atoms with Crippen LogP contribution in [0, 0.1) is 0 Å². The van der Waals surface area contributed by atoms with Crippen LogP contribution >= 0.6 is 0 Å². The number of nitrogens with one attached hydrogen (secondary N) is 1. The van der Waals surface area contributed by atoms with Crippen molar-refractivity contribution in [2.24, 2.45) is 0 Å². The topological polar surface area (TPSA) is 92.4 Å². The maximum Gasteiger partial charge on any atom is 0.240 e. The minimum absolute atomic E-state index is 0.141. The number of anilines is 1. The number of unbranched alkanes of at least 4 members (excludes halogenated alkanes) is 2. The highest BCUT2D eigenvalue weighted by Gasteiger charge is 2.14. The summed E-state index contributed by atoms with van der Waals surface area (Å²) in [6.07, 6.45) is 2.98. The Kier molecular flexibility index (Phi) is 6.27. The highest BCUT2D eigenvalue weighted by atomic mass is 32.2. The molecule has 0 aliphatic carbocycles. The summed E-state index contributed by atoms with van der Waals surface area (Å²) in [5.41, 5.74) is 7.25. The van der Waals surface area contributed by atoms with Gasteiger partial charge in [-0.05, 0) is 43.4 Å². The van der Waals surface area contributed by atoms with Gasteiger partial charge in [0.1, 0.15) is 0 Å². The van der Waals surface area contributed by atoms with Gasteiger partial charge in [-0.1, -0.05) is 13.0 Å². The first-order chi connectivity index (χ1) is 9.01. The van der Waals surface area contributed by atoms with Gasteiger partial charge in [-0.2, -0.15) is 0 Å². The molecular formula is C13H22N2O3S. The van der Waals surface area contributed by atoms with E-state index in [0.717, 1.165) is 18.4 Å². The van der Waals surface area contributed by atoms with Crippen LogP contribution in [-0.4, -0.2) is 26.7 Å². The molecule has 1 aromatic rings. The number of hydrogen-bond acceptors (Lipinski definition) is 4. The van der Waals surface area contributed by atoms with Gasteiger partial charge in [0.05, 0.1) is 4.90 Å². The normalized spacial score (nSPS) is 11.7. The summed E-state index contributed by atoms with van der Waals surface area (Å²) in [5.74, 6) is 0. The quantitative estimate of drug-likeness (QED) is 0.495. The Balaban J connectivity index is 2.64. The summed E-state index contributed by atoms with van der Waals surface area (Å²) in [7, 11) is -3.49. The van der Waals surface area contributed by atoms with E-state index in [-0.39, 0.29) is 11.5 Å². The molecule has 0 saturated carbocycles. The van der Waals surface area contributed by atoms with Crippen LogP contribution in [0.2, 0.25) is 0 Å². The Morgan fingerprint density at radius 3 is 2.58 bits per heavy atom. The second-order valence-electron chi connectivity index (χ2n) is 4.40. The van der Waals surface area contributed by atoms with E-state index in [1.54, 1.807) is 12.1 Å². The van der Waals surface area contributed by atoms with Gasteiger partial charge >= 0.3 is 0 Å². The molecule has 0 saturated heterocycles. The van der Waals surface area contributed by atoms with Crippen molar-refractivity contribution in [2.45, 2.75) is 37.5 Å². The average molecular weight is 286 g/mol. The van der Waals surface area contributed by atoms with E-state index in [0.29, 0.717) is 25.1 Å².